The maximum absolute atomic E-state index is 13.7. The van der Waals surface area contributed by atoms with E-state index in [2.05, 4.69) is 5.32 Å². The van der Waals surface area contributed by atoms with Gasteiger partial charge in [-0.25, -0.2) is 12.8 Å². The van der Waals surface area contributed by atoms with E-state index < -0.39 is 45.3 Å². The SMILES string of the molecule is C[C@H](NS(=O)(=O)c1ccccc1F)C(=O)OCC(=O)Nc1ccc2c(c1)OCCO2. The molecule has 1 amide bonds. The Balaban J connectivity index is 1.52. The predicted molar refractivity (Wildman–Crippen MR) is 103 cm³/mol. The van der Waals surface area contributed by atoms with Crippen molar-refractivity contribution in [2.24, 2.45) is 0 Å². The summed E-state index contributed by atoms with van der Waals surface area (Å²) in [6.07, 6.45) is 0. The molecule has 2 N–H and O–H groups in total. The van der Waals surface area contributed by atoms with E-state index >= 15 is 0 Å². The Morgan fingerprint density at radius 3 is 2.57 bits per heavy atom. The van der Waals surface area contributed by atoms with Crippen LogP contribution in [0.3, 0.4) is 0 Å². The standard InChI is InChI=1S/C19H19FN2O7S/c1-12(22-30(25,26)17-5-3-2-4-14(17)20)19(24)29-11-18(23)21-13-6-7-15-16(10-13)28-9-8-27-15/h2-7,10,12,22H,8-9,11H2,1H3,(H,21,23)/t12-/m0/s1. The van der Waals surface area contributed by atoms with E-state index in [0.29, 0.717) is 30.4 Å². The molecule has 30 heavy (non-hydrogen) atoms. The second-order valence-electron chi connectivity index (χ2n) is 6.29. The van der Waals surface area contributed by atoms with Gasteiger partial charge >= 0.3 is 5.97 Å². The lowest BCUT2D eigenvalue weighted by atomic mass is 10.2. The fraction of sp³-hybridized carbons (Fsp3) is 0.263. The molecule has 0 saturated heterocycles. The summed E-state index contributed by atoms with van der Waals surface area (Å²) in [5, 5.41) is 2.53. The number of hydrogen-bond acceptors (Lipinski definition) is 7. The fourth-order valence-electron chi connectivity index (χ4n) is 2.59. The van der Waals surface area contributed by atoms with Crippen molar-refractivity contribution in [2.75, 3.05) is 25.1 Å². The van der Waals surface area contributed by atoms with Gasteiger partial charge in [-0.05, 0) is 31.2 Å². The number of hydrogen-bond donors (Lipinski definition) is 2. The summed E-state index contributed by atoms with van der Waals surface area (Å²) in [7, 11) is -4.28. The first-order chi connectivity index (χ1) is 14.3. The number of nitrogens with one attached hydrogen (secondary N) is 2. The molecular formula is C19H19FN2O7S. The largest absolute Gasteiger partial charge is 0.486 e. The number of sulfonamides is 1. The second kappa shape index (κ2) is 9.09. The number of benzene rings is 2. The summed E-state index contributed by atoms with van der Waals surface area (Å²) < 4.78 is 55.8. The van der Waals surface area contributed by atoms with Gasteiger partial charge in [-0.1, -0.05) is 12.1 Å². The lowest BCUT2D eigenvalue weighted by molar-refractivity contribution is -0.148. The van der Waals surface area contributed by atoms with Gasteiger partial charge < -0.3 is 19.5 Å². The summed E-state index contributed by atoms with van der Waals surface area (Å²) >= 11 is 0. The average molecular weight is 438 g/mol. The zero-order valence-electron chi connectivity index (χ0n) is 15.9. The number of amides is 1. The Labute approximate surface area is 172 Å². The normalized spacial score (nSPS) is 13.9. The van der Waals surface area contributed by atoms with Crippen LogP contribution in [-0.2, 0) is 24.3 Å². The summed E-state index contributed by atoms with van der Waals surface area (Å²) in [5.41, 5.74) is 0.411. The van der Waals surface area contributed by atoms with Crippen molar-refractivity contribution in [1.82, 2.24) is 4.72 Å². The molecular weight excluding hydrogens is 419 g/mol. The van der Waals surface area contributed by atoms with Crippen molar-refractivity contribution >= 4 is 27.6 Å². The molecule has 160 valence electrons. The summed E-state index contributed by atoms with van der Waals surface area (Å²) in [6, 6.07) is 8.20. The van der Waals surface area contributed by atoms with Crippen LogP contribution in [0.15, 0.2) is 47.4 Å². The predicted octanol–water partition coefficient (Wildman–Crippen LogP) is 1.45. The minimum absolute atomic E-state index is 0.392. The van der Waals surface area contributed by atoms with Crippen molar-refractivity contribution in [3.8, 4) is 11.5 Å². The van der Waals surface area contributed by atoms with Gasteiger partial charge in [0.1, 0.15) is 30.0 Å². The average Bonchev–Trinajstić information content (AvgIpc) is 2.71. The topological polar surface area (TPSA) is 120 Å². The molecule has 1 aliphatic heterocycles. The van der Waals surface area contributed by atoms with Crippen LogP contribution < -0.4 is 19.5 Å². The third-order valence-electron chi connectivity index (χ3n) is 3.98. The van der Waals surface area contributed by atoms with Crippen LogP contribution in [0.5, 0.6) is 11.5 Å². The van der Waals surface area contributed by atoms with Gasteiger partial charge in [0.05, 0.1) is 0 Å². The molecule has 0 unspecified atom stereocenters. The summed E-state index contributed by atoms with van der Waals surface area (Å²) in [6.45, 7) is 1.41. The first-order valence-electron chi connectivity index (χ1n) is 8.89. The third-order valence-corrected chi connectivity index (χ3v) is 5.56. The van der Waals surface area contributed by atoms with Gasteiger partial charge in [0.15, 0.2) is 18.1 Å². The molecule has 11 heteroatoms. The lowest BCUT2D eigenvalue weighted by Gasteiger charge is -2.19. The number of esters is 1. The van der Waals surface area contributed by atoms with Crippen LogP contribution in [0, 0.1) is 5.82 Å². The Morgan fingerprint density at radius 2 is 1.83 bits per heavy atom. The van der Waals surface area contributed by atoms with Gasteiger partial charge in [0.25, 0.3) is 5.91 Å². The van der Waals surface area contributed by atoms with Crippen LogP contribution in [0.2, 0.25) is 0 Å². The monoisotopic (exact) mass is 438 g/mol. The van der Waals surface area contributed by atoms with E-state index in [4.69, 9.17) is 14.2 Å². The number of halogens is 1. The highest BCUT2D eigenvalue weighted by Crippen LogP contribution is 2.32. The second-order valence-corrected chi connectivity index (χ2v) is 7.97. The highest BCUT2D eigenvalue weighted by molar-refractivity contribution is 7.89. The number of rotatable bonds is 7. The Morgan fingerprint density at radius 1 is 1.13 bits per heavy atom. The smallest absolute Gasteiger partial charge is 0.324 e. The number of carbonyl (C=O) groups is 2. The lowest BCUT2D eigenvalue weighted by Crippen LogP contribution is -2.40. The quantitative estimate of drug-likeness (QED) is 0.628. The highest BCUT2D eigenvalue weighted by atomic mass is 32.2. The van der Waals surface area contributed by atoms with Gasteiger partial charge in [-0.2, -0.15) is 4.72 Å². The summed E-state index contributed by atoms with van der Waals surface area (Å²) in [4.78, 5) is 23.4. The van der Waals surface area contributed by atoms with Crippen molar-refractivity contribution in [2.45, 2.75) is 17.9 Å². The highest BCUT2D eigenvalue weighted by Gasteiger charge is 2.25. The molecule has 3 rings (SSSR count). The molecule has 0 aromatic heterocycles. The van der Waals surface area contributed by atoms with Crippen molar-refractivity contribution in [1.29, 1.82) is 0 Å². The van der Waals surface area contributed by atoms with Gasteiger partial charge in [-0.15, -0.1) is 0 Å². The first-order valence-corrected chi connectivity index (χ1v) is 10.4. The van der Waals surface area contributed by atoms with E-state index in [0.717, 1.165) is 12.1 Å². The van der Waals surface area contributed by atoms with E-state index in [-0.39, 0.29) is 0 Å². The minimum atomic E-state index is -4.28. The molecule has 0 aliphatic carbocycles. The van der Waals surface area contributed by atoms with Crippen molar-refractivity contribution < 1.29 is 36.6 Å². The van der Waals surface area contributed by atoms with Crippen molar-refractivity contribution in [3.63, 3.8) is 0 Å². The van der Waals surface area contributed by atoms with Gasteiger partial charge in [0, 0.05) is 11.8 Å². The first kappa shape index (κ1) is 21.5. The molecule has 0 bridgehead atoms. The number of anilines is 1. The Kier molecular flexibility index (Phi) is 6.53. The molecule has 0 saturated carbocycles. The van der Waals surface area contributed by atoms with Crippen LogP contribution in [-0.4, -0.2) is 46.2 Å². The molecule has 0 fully saturated rings. The molecule has 1 atom stereocenters. The van der Waals surface area contributed by atoms with Crippen LogP contribution in [0.1, 0.15) is 6.92 Å². The summed E-state index contributed by atoms with van der Waals surface area (Å²) in [5.74, 6) is -1.55. The van der Waals surface area contributed by atoms with Crippen LogP contribution in [0.4, 0.5) is 10.1 Å². The molecule has 0 spiro atoms. The van der Waals surface area contributed by atoms with E-state index in [1.807, 2.05) is 4.72 Å². The van der Waals surface area contributed by atoms with Gasteiger partial charge in [0.2, 0.25) is 10.0 Å². The maximum atomic E-state index is 13.7. The van der Waals surface area contributed by atoms with Gasteiger partial charge in [-0.3, -0.25) is 9.59 Å². The molecule has 9 nitrogen and oxygen atoms in total. The van der Waals surface area contributed by atoms with Crippen molar-refractivity contribution in [3.05, 3.63) is 48.3 Å². The zero-order chi connectivity index (χ0) is 21.7. The molecule has 1 aliphatic rings. The molecule has 1 heterocycles. The Hall–Kier alpha value is -3.18. The molecule has 2 aromatic rings. The Bertz CT molecular complexity index is 1060. The third kappa shape index (κ3) is 5.24. The van der Waals surface area contributed by atoms with E-state index in [1.54, 1.807) is 18.2 Å². The van der Waals surface area contributed by atoms with E-state index in [9.17, 15) is 22.4 Å². The number of carbonyl (C=O) groups excluding carboxylic acids is 2. The fourth-order valence-corrected chi connectivity index (χ4v) is 3.86. The van der Waals surface area contributed by atoms with E-state index in [1.165, 1.54) is 19.1 Å². The molecule has 0 radical (unpaired) electrons. The van der Waals surface area contributed by atoms with Crippen LogP contribution >= 0.6 is 0 Å². The zero-order valence-corrected chi connectivity index (χ0v) is 16.7. The maximum Gasteiger partial charge on any atom is 0.324 e. The minimum Gasteiger partial charge on any atom is -0.486 e. The molecule has 2 aromatic carbocycles. The van der Waals surface area contributed by atoms with Crippen LogP contribution in [0.25, 0.3) is 0 Å². The number of fused-ring (bicyclic) bond motifs is 1. The number of ether oxygens (including phenoxy) is 3.